The predicted octanol–water partition coefficient (Wildman–Crippen LogP) is 3.47. The van der Waals surface area contributed by atoms with Gasteiger partial charge in [0, 0.05) is 62.4 Å². The SMILES string of the molecule is Cc1c(/C=C/CN2CCCN(c3cc(F)cc(F)c3)CC2)cnn1-c1ncccn1. The summed E-state index contributed by atoms with van der Waals surface area (Å²) >= 11 is 0. The van der Waals surface area contributed by atoms with Crippen molar-refractivity contribution in [3.8, 4) is 5.95 Å². The van der Waals surface area contributed by atoms with Crippen molar-refractivity contribution < 1.29 is 8.78 Å². The summed E-state index contributed by atoms with van der Waals surface area (Å²) < 4.78 is 28.8. The zero-order chi connectivity index (χ0) is 20.9. The maximum atomic E-state index is 13.5. The van der Waals surface area contributed by atoms with E-state index in [1.165, 1.54) is 12.1 Å². The lowest BCUT2D eigenvalue weighted by Gasteiger charge is -2.23. The predicted molar refractivity (Wildman–Crippen MR) is 113 cm³/mol. The number of hydrogen-bond donors (Lipinski definition) is 0. The number of rotatable bonds is 5. The van der Waals surface area contributed by atoms with Crippen molar-refractivity contribution in [1.29, 1.82) is 0 Å². The van der Waals surface area contributed by atoms with Crippen LogP contribution in [0.1, 0.15) is 17.7 Å². The lowest BCUT2D eigenvalue weighted by molar-refractivity contribution is 0.326. The molecule has 0 bridgehead atoms. The molecule has 0 N–H and O–H groups in total. The third-order valence-corrected chi connectivity index (χ3v) is 5.25. The molecule has 1 aliphatic heterocycles. The van der Waals surface area contributed by atoms with Gasteiger partial charge in [0.1, 0.15) is 11.6 Å². The van der Waals surface area contributed by atoms with E-state index < -0.39 is 11.6 Å². The van der Waals surface area contributed by atoms with Gasteiger partial charge in [-0.3, -0.25) is 4.90 Å². The van der Waals surface area contributed by atoms with Crippen LogP contribution in [0, 0.1) is 18.6 Å². The Morgan fingerprint density at radius 1 is 1.00 bits per heavy atom. The Kier molecular flexibility index (Phi) is 6.13. The van der Waals surface area contributed by atoms with Gasteiger partial charge in [0.25, 0.3) is 5.95 Å². The normalized spacial score (nSPS) is 15.6. The number of anilines is 1. The molecule has 3 aromatic rings. The molecule has 0 atom stereocenters. The highest BCUT2D eigenvalue weighted by Gasteiger charge is 2.16. The molecule has 1 fully saturated rings. The van der Waals surface area contributed by atoms with E-state index in [1.54, 1.807) is 23.1 Å². The van der Waals surface area contributed by atoms with E-state index in [0.29, 0.717) is 11.6 Å². The van der Waals surface area contributed by atoms with Crippen molar-refractivity contribution in [3.63, 3.8) is 0 Å². The summed E-state index contributed by atoms with van der Waals surface area (Å²) in [4.78, 5) is 12.9. The molecule has 3 heterocycles. The van der Waals surface area contributed by atoms with E-state index in [-0.39, 0.29) is 0 Å². The third kappa shape index (κ3) is 4.71. The zero-order valence-electron chi connectivity index (χ0n) is 16.9. The molecule has 156 valence electrons. The molecule has 0 saturated carbocycles. The van der Waals surface area contributed by atoms with Gasteiger partial charge in [0.15, 0.2) is 0 Å². The summed E-state index contributed by atoms with van der Waals surface area (Å²) in [5, 5.41) is 4.38. The first-order chi connectivity index (χ1) is 14.6. The van der Waals surface area contributed by atoms with Crippen LogP contribution >= 0.6 is 0 Å². The fraction of sp³-hybridized carbons (Fsp3) is 0.318. The van der Waals surface area contributed by atoms with Gasteiger partial charge in [-0.05, 0) is 31.5 Å². The third-order valence-electron chi connectivity index (χ3n) is 5.25. The van der Waals surface area contributed by atoms with Crippen LogP contribution < -0.4 is 4.90 Å². The van der Waals surface area contributed by atoms with Gasteiger partial charge in [-0.1, -0.05) is 12.2 Å². The standard InChI is InChI=1S/C22H24F2N6/c1-17-18(16-27-30(17)22-25-6-3-7-26-22)5-2-8-28-9-4-10-29(12-11-28)21-14-19(23)13-20(24)15-21/h2-3,5-7,13-16H,4,8-12H2,1H3/b5-2+. The van der Waals surface area contributed by atoms with Gasteiger partial charge >= 0.3 is 0 Å². The first-order valence-corrected chi connectivity index (χ1v) is 10.0. The smallest absolute Gasteiger partial charge is 0.250 e. The molecule has 0 radical (unpaired) electrons. The molecular formula is C22H24F2N6. The minimum Gasteiger partial charge on any atom is -0.370 e. The van der Waals surface area contributed by atoms with Gasteiger partial charge in [0.05, 0.1) is 11.9 Å². The van der Waals surface area contributed by atoms with E-state index in [0.717, 1.165) is 56.5 Å². The molecule has 0 unspecified atom stereocenters. The molecular weight excluding hydrogens is 386 g/mol. The van der Waals surface area contributed by atoms with E-state index in [2.05, 4.69) is 32.1 Å². The summed E-state index contributed by atoms with van der Waals surface area (Å²) in [6, 6.07) is 5.48. The van der Waals surface area contributed by atoms with Gasteiger partial charge in [0.2, 0.25) is 0 Å². The average molecular weight is 410 g/mol. The first kappa shape index (κ1) is 20.2. The molecule has 30 heavy (non-hydrogen) atoms. The first-order valence-electron chi connectivity index (χ1n) is 10.0. The number of nitrogens with zero attached hydrogens (tertiary/aromatic N) is 6. The fourth-order valence-electron chi connectivity index (χ4n) is 3.65. The second-order valence-electron chi connectivity index (χ2n) is 7.32. The Morgan fingerprint density at radius 2 is 1.77 bits per heavy atom. The van der Waals surface area contributed by atoms with Crippen LogP contribution in [0.2, 0.25) is 0 Å². The lowest BCUT2D eigenvalue weighted by Crippen LogP contribution is -2.31. The molecule has 1 saturated heterocycles. The molecule has 1 aromatic carbocycles. The number of aromatic nitrogens is 4. The minimum atomic E-state index is -0.536. The van der Waals surface area contributed by atoms with Gasteiger partial charge < -0.3 is 4.90 Å². The Hall–Kier alpha value is -3.13. The molecule has 6 nitrogen and oxygen atoms in total. The zero-order valence-corrected chi connectivity index (χ0v) is 16.9. The molecule has 0 amide bonds. The highest BCUT2D eigenvalue weighted by Crippen LogP contribution is 2.20. The highest BCUT2D eigenvalue weighted by molar-refractivity contribution is 5.52. The van der Waals surface area contributed by atoms with Gasteiger partial charge in [-0.25, -0.2) is 23.4 Å². The second-order valence-corrected chi connectivity index (χ2v) is 7.32. The maximum Gasteiger partial charge on any atom is 0.250 e. The highest BCUT2D eigenvalue weighted by atomic mass is 19.1. The van der Waals surface area contributed by atoms with E-state index in [1.807, 2.05) is 18.0 Å². The van der Waals surface area contributed by atoms with Crippen LogP contribution in [0.25, 0.3) is 12.0 Å². The number of halogens is 2. The molecule has 8 heteroatoms. The average Bonchev–Trinajstić information content (AvgIpc) is 2.94. The van der Waals surface area contributed by atoms with E-state index >= 15 is 0 Å². The molecule has 4 rings (SSSR count). The molecule has 0 aliphatic carbocycles. The van der Waals surface area contributed by atoms with Gasteiger partial charge in [-0.15, -0.1) is 0 Å². The van der Waals surface area contributed by atoms with Crippen molar-refractivity contribution in [3.05, 3.63) is 71.8 Å². The number of benzene rings is 1. The maximum absolute atomic E-state index is 13.5. The number of hydrogen-bond acceptors (Lipinski definition) is 5. The lowest BCUT2D eigenvalue weighted by atomic mass is 10.2. The van der Waals surface area contributed by atoms with Crippen LogP contribution in [0.5, 0.6) is 0 Å². The Morgan fingerprint density at radius 3 is 2.53 bits per heavy atom. The Labute approximate surface area is 174 Å². The molecule has 0 spiro atoms. The van der Waals surface area contributed by atoms with Crippen LogP contribution in [-0.4, -0.2) is 57.4 Å². The quantitative estimate of drug-likeness (QED) is 0.645. The Balaban J connectivity index is 1.36. The van der Waals surface area contributed by atoms with Crippen LogP contribution in [0.3, 0.4) is 0 Å². The minimum absolute atomic E-state index is 0.536. The monoisotopic (exact) mass is 410 g/mol. The summed E-state index contributed by atoms with van der Waals surface area (Å²) in [7, 11) is 0. The fourth-order valence-corrected chi connectivity index (χ4v) is 3.65. The van der Waals surface area contributed by atoms with Crippen molar-refractivity contribution in [2.24, 2.45) is 0 Å². The Bertz CT molecular complexity index is 997. The van der Waals surface area contributed by atoms with Gasteiger partial charge in [-0.2, -0.15) is 5.10 Å². The summed E-state index contributed by atoms with van der Waals surface area (Å²) in [6.45, 7) is 6.08. The summed E-state index contributed by atoms with van der Waals surface area (Å²) in [5.74, 6) is -0.521. The van der Waals surface area contributed by atoms with Crippen molar-refractivity contribution >= 4 is 11.8 Å². The van der Waals surface area contributed by atoms with Crippen LogP contribution in [0.4, 0.5) is 14.5 Å². The summed E-state index contributed by atoms with van der Waals surface area (Å²) in [5.41, 5.74) is 2.61. The second kappa shape index (κ2) is 9.13. The van der Waals surface area contributed by atoms with Crippen molar-refractivity contribution in [2.45, 2.75) is 13.3 Å². The van der Waals surface area contributed by atoms with Crippen molar-refractivity contribution in [2.75, 3.05) is 37.6 Å². The van der Waals surface area contributed by atoms with Crippen molar-refractivity contribution in [1.82, 2.24) is 24.6 Å². The van der Waals surface area contributed by atoms with E-state index in [9.17, 15) is 8.78 Å². The molecule has 1 aliphatic rings. The largest absolute Gasteiger partial charge is 0.370 e. The van der Waals surface area contributed by atoms with E-state index in [4.69, 9.17) is 0 Å². The summed E-state index contributed by atoms with van der Waals surface area (Å²) in [6.07, 6.45) is 10.3. The van der Waals surface area contributed by atoms with Crippen LogP contribution in [0.15, 0.2) is 48.9 Å². The molecule has 2 aromatic heterocycles. The topological polar surface area (TPSA) is 50.1 Å². The van der Waals surface area contributed by atoms with Crippen LogP contribution in [-0.2, 0) is 0 Å².